The number of benzene rings is 3. The average Bonchev–Trinajstić information content (AvgIpc) is 2.94. The number of hydrogen-bond donors (Lipinski definition) is 0. The molecule has 0 aliphatic heterocycles. The van der Waals surface area contributed by atoms with E-state index < -0.39 is 0 Å². The summed E-state index contributed by atoms with van der Waals surface area (Å²) in [5.41, 5.74) is 20.1. The molecule has 6 aliphatic carbocycles. The van der Waals surface area contributed by atoms with Gasteiger partial charge in [-0.1, -0.05) is 175 Å². The van der Waals surface area contributed by atoms with Gasteiger partial charge in [0.2, 0.25) is 0 Å². The summed E-state index contributed by atoms with van der Waals surface area (Å²) in [6, 6.07) is 16.1. The molecular formula is C44H55Li. The van der Waals surface area contributed by atoms with E-state index in [9.17, 15) is 0 Å². The van der Waals surface area contributed by atoms with Crippen molar-refractivity contribution in [2.75, 3.05) is 0 Å². The molecule has 0 spiro atoms. The van der Waals surface area contributed by atoms with Crippen LogP contribution in [-0.4, -0.2) is 0 Å². The van der Waals surface area contributed by atoms with E-state index in [-0.39, 0.29) is 51.4 Å². The summed E-state index contributed by atoms with van der Waals surface area (Å²) in [4.78, 5) is 0. The Morgan fingerprint density at radius 2 is 0.578 bits per heavy atom. The van der Waals surface area contributed by atoms with E-state index in [1.165, 1.54) is 61.1 Å². The van der Waals surface area contributed by atoms with Crippen molar-refractivity contribution in [1.82, 2.24) is 0 Å². The molecule has 6 aliphatic rings. The van der Waals surface area contributed by atoms with Crippen LogP contribution in [0.15, 0.2) is 36.4 Å². The molecule has 232 valence electrons. The van der Waals surface area contributed by atoms with Crippen LogP contribution in [0.5, 0.6) is 0 Å². The molecule has 0 fully saturated rings. The summed E-state index contributed by atoms with van der Waals surface area (Å²) >= 11 is 0. The van der Waals surface area contributed by atoms with Gasteiger partial charge >= 0.3 is 18.9 Å². The minimum Gasteiger partial charge on any atom is -0.0955 e. The quantitative estimate of drug-likeness (QED) is 0.125. The second-order valence-corrected chi connectivity index (χ2v) is 19.6. The molecule has 3 aromatic carbocycles. The van der Waals surface area contributed by atoms with Crippen LogP contribution in [0.4, 0.5) is 0 Å². The maximum Gasteiger partial charge on any atom is 1.00 e. The van der Waals surface area contributed by atoms with E-state index in [4.69, 9.17) is 0 Å². The molecule has 9 rings (SSSR count). The fourth-order valence-corrected chi connectivity index (χ4v) is 10.2. The normalized spacial score (nSPS) is 24.7. The third kappa shape index (κ3) is 4.20. The number of hydrogen-bond acceptors (Lipinski definition) is 0. The number of fused-ring (bicyclic) bond motifs is 3. The molecule has 1 heteroatoms. The van der Waals surface area contributed by atoms with Gasteiger partial charge < -0.3 is 0 Å². The van der Waals surface area contributed by atoms with Gasteiger partial charge in [0.25, 0.3) is 0 Å². The Labute approximate surface area is 286 Å². The summed E-state index contributed by atoms with van der Waals surface area (Å²) < 4.78 is 0. The molecular weight excluding hydrogens is 535 g/mol. The van der Waals surface area contributed by atoms with E-state index in [0.717, 1.165) is 0 Å². The second kappa shape index (κ2) is 9.17. The van der Waals surface area contributed by atoms with Crippen LogP contribution in [0, 0.1) is 5.92 Å². The summed E-state index contributed by atoms with van der Waals surface area (Å²) in [5.74, 6) is 1.83. The molecule has 0 saturated heterocycles. The first-order valence-corrected chi connectivity index (χ1v) is 17.7. The molecule has 0 unspecified atom stereocenters. The minimum atomic E-state index is 0. The molecule has 0 radical (unpaired) electrons. The molecule has 2 bridgehead atoms. The van der Waals surface area contributed by atoms with Crippen LogP contribution in [0.2, 0.25) is 0 Å². The topological polar surface area (TPSA) is 0 Å². The number of rotatable bonds is 0. The van der Waals surface area contributed by atoms with Gasteiger partial charge in [-0.25, -0.2) is 0 Å². The molecule has 0 amide bonds. The Balaban J connectivity index is 0.00000325. The smallest absolute Gasteiger partial charge is 0.0955 e. The van der Waals surface area contributed by atoms with E-state index in [2.05, 4.69) is 119 Å². The van der Waals surface area contributed by atoms with Crippen LogP contribution >= 0.6 is 0 Å². The summed E-state index contributed by atoms with van der Waals surface area (Å²) in [6.07, 6.45) is 7.54. The van der Waals surface area contributed by atoms with Crippen molar-refractivity contribution in [2.24, 2.45) is 0 Å². The van der Waals surface area contributed by atoms with Gasteiger partial charge in [-0.2, -0.15) is 0 Å². The zero-order valence-electron chi connectivity index (χ0n) is 30.8. The SMILES string of the molecule is CC1(C)CCC(C)(C)c2cc3c(cc21)[C-]1c2cc4c(cc2C3c2cc3c(cc21)C(C)(C)CCC3(C)C)C(C)(C)CCC4(C)C.[Li+]. The Kier molecular flexibility index (Phi) is 6.47. The molecule has 3 aromatic rings. The van der Waals surface area contributed by atoms with Crippen LogP contribution in [0.25, 0.3) is 0 Å². The molecule has 0 saturated carbocycles. The molecule has 45 heavy (non-hydrogen) atoms. The van der Waals surface area contributed by atoms with Crippen molar-refractivity contribution >= 4 is 0 Å². The Bertz CT molecular complexity index is 1430. The maximum atomic E-state index is 2.70. The van der Waals surface area contributed by atoms with Crippen molar-refractivity contribution in [3.8, 4) is 0 Å². The summed E-state index contributed by atoms with van der Waals surface area (Å²) in [5, 5.41) is 0. The zero-order chi connectivity index (χ0) is 31.6. The largest absolute Gasteiger partial charge is 1.00 e. The van der Waals surface area contributed by atoms with Gasteiger partial charge in [0, 0.05) is 0 Å². The van der Waals surface area contributed by atoms with E-state index in [1.54, 1.807) is 50.1 Å². The van der Waals surface area contributed by atoms with Crippen molar-refractivity contribution in [3.05, 3.63) is 109 Å². The van der Waals surface area contributed by atoms with Gasteiger partial charge in [0.15, 0.2) is 0 Å². The predicted octanol–water partition coefficient (Wildman–Crippen LogP) is 8.56. The second-order valence-electron chi connectivity index (χ2n) is 19.6. The monoisotopic (exact) mass is 590 g/mol. The summed E-state index contributed by atoms with van der Waals surface area (Å²) in [6.45, 7) is 29.9. The third-order valence-corrected chi connectivity index (χ3v) is 13.8. The van der Waals surface area contributed by atoms with Crippen molar-refractivity contribution in [3.63, 3.8) is 0 Å². The molecule has 0 nitrogen and oxygen atoms in total. The van der Waals surface area contributed by atoms with Crippen LogP contribution in [-0.2, 0) is 32.5 Å². The zero-order valence-corrected chi connectivity index (χ0v) is 30.8. The van der Waals surface area contributed by atoms with Crippen molar-refractivity contribution in [2.45, 2.75) is 160 Å². The van der Waals surface area contributed by atoms with E-state index in [0.29, 0.717) is 5.92 Å². The third-order valence-electron chi connectivity index (χ3n) is 13.8. The van der Waals surface area contributed by atoms with Crippen LogP contribution in [0.1, 0.15) is 194 Å². The minimum absolute atomic E-state index is 0. The molecule has 0 atom stereocenters. The molecule has 0 N–H and O–H groups in total. The van der Waals surface area contributed by atoms with Gasteiger partial charge in [0.05, 0.1) is 0 Å². The van der Waals surface area contributed by atoms with E-state index >= 15 is 0 Å². The predicted molar refractivity (Wildman–Crippen MR) is 187 cm³/mol. The molecule has 0 heterocycles. The Hall–Kier alpha value is -1.87. The first-order valence-electron chi connectivity index (χ1n) is 17.7. The fraction of sp³-hybridized carbons (Fsp3) is 0.568. The van der Waals surface area contributed by atoms with Gasteiger partial charge in [-0.05, 0) is 93.6 Å². The van der Waals surface area contributed by atoms with Gasteiger partial charge in [-0.15, -0.1) is 0 Å². The van der Waals surface area contributed by atoms with Crippen LogP contribution < -0.4 is 18.9 Å². The van der Waals surface area contributed by atoms with Crippen molar-refractivity contribution in [1.29, 1.82) is 0 Å². The van der Waals surface area contributed by atoms with Crippen molar-refractivity contribution < 1.29 is 18.9 Å². The first-order chi connectivity index (χ1) is 20.3. The standard InChI is InChI=1S/C44H55.Li/c1-39(2)13-14-40(3,4)32-20-26-25(19-31(32)39)37-27-21-33-35(43(9,10)17-15-41(33,5)6)23-29(27)38(26)30-24-36-34(22-28(30)37)42(7,8)16-18-44(36,11)12;/h19-24,37H,13-18H2,1-12H3;/q-1;+1. The Morgan fingerprint density at radius 3 is 0.800 bits per heavy atom. The van der Waals surface area contributed by atoms with Gasteiger partial charge in [0.1, 0.15) is 0 Å². The van der Waals surface area contributed by atoms with Crippen LogP contribution in [0.3, 0.4) is 0 Å². The summed E-state index contributed by atoms with van der Waals surface area (Å²) in [7, 11) is 0. The maximum absolute atomic E-state index is 2.70. The molecule has 0 aromatic heterocycles. The fourth-order valence-electron chi connectivity index (χ4n) is 10.2. The Morgan fingerprint density at radius 1 is 0.378 bits per heavy atom. The first kappa shape index (κ1) is 31.7. The average molecular weight is 591 g/mol. The van der Waals surface area contributed by atoms with Gasteiger partial charge in [-0.3, -0.25) is 0 Å². The van der Waals surface area contributed by atoms with E-state index in [1.807, 2.05) is 0 Å².